The zero-order chi connectivity index (χ0) is 12.1. The summed E-state index contributed by atoms with van der Waals surface area (Å²) >= 11 is 0. The summed E-state index contributed by atoms with van der Waals surface area (Å²) in [5, 5.41) is 19.3. The van der Waals surface area contributed by atoms with Crippen molar-refractivity contribution < 1.29 is 14.5 Å². The van der Waals surface area contributed by atoms with Crippen LogP contribution in [0.2, 0.25) is 0 Å². The molecular formula is C10H8N2O4. The number of nitriles is 1. The lowest BCUT2D eigenvalue weighted by atomic mass is 10.0. The molecule has 0 saturated heterocycles. The molecule has 0 bridgehead atoms. The van der Waals surface area contributed by atoms with Crippen LogP contribution in [0.1, 0.15) is 15.9 Å². The fraction of sp³-hybridized carbons (Fsp3) is 0.200. The minimum atomic E-state index is -0.686. The average Bonchev–Trinajstić information content (AvgIpc) is 2.28. The SMILES string of the molecule is COC(=O)c1cccc([N+](=O)[O-])c1CC#N. The number of benzene rings is 1. The van der Waals surface area contributed by atoms with Gasteiger partial charge in [0.1, 0.15) is 0 Å². The Balaban J connectivity index is 3.39. The van der Waals surface area contributed by atoms with Gasteiger partial charge in [-0.1, -0.05) is 6.07 Å². The van der Waals surface area contributed by atoms with E-state index in [9.17, 15) is 14.9 Å². The maximum absolute atomic E-state index is 11.3. The predicted octanol–water partition coefficient (Wildman–Crippen LogP) is 1.45. The second-order valence-electron chi connectivity index (χ2n) is 2.89. The summed E-state index contributed by atoms with van der Waals surface area (Å²) in [7, 11) is 1.18. The van der Waals surface area contributed by atoms with E-state index >= 15 is 0 Å². The molecule has 0 unspecified atom stereocenters. The topological polar surface area (TPSA) is 93.2 Å². The Morgan fingerprint density at radius 1 is 1.62 bits per heavy atom. The van der Waals surface area contributed by atoms with Crippen LogP contribution < -0.4 is 0 Å². The molecule has 6 nitrogen and oxygen atoms in total. The molecule has 0 spiro atoms. The first-order valence-corrected chi connectivity index (χ1v) is 4.33. The van der Waals surface area contributed by atoms with Crippen LogP contribution in [0.25, 0.3) is 0 Å². The summed E-state index contributed by atoms with van der Waals surface area (Å²) < 4.78 is 4.49. The largest absolute Gasteiger partial charge is 0.465 e. The van der Waals surface area contributed by atoms with E-state index in [-0.39, 0.29) is 23.2 Å². The van der Waals surface area contributed by atoms with Gasteiger partial charge < -0.3 is 4.74 Å². The van der Waals surface area contributed by atoms with Gasteiger partial charge in [-0.3, -0.25) is 10.1 Å². The molecule has 0 N–H and O–H groups in total. The van der Waals surface area contributed by atoms with Gasteiger partial charge in [-0.2, -0.15) is 5.26 Å². The maximum atomic E-state index is 11.3. The molecule has 0 aromatic heterocycles. The fourth-order valence-electron chi connectivity index (χ4n) is 1.31. The number of methoxy groups -OCH3 is 1. The zero-order valence-corrected chi connectivity index (χ0v) is 8.47. The normalized spacial score (nSPS) is 9.25. The van der Waals surface area contributed by atoms with E-state index in [2.05, 4.69) is 4.74 Å². The van der Waals surface area contributed by atoms with Crippen molar-refractivity contribution >= 4 is 11.7 Å². The molecule has 1 aromatic rings. The molecule has 0 radical (unpaired) electrons. The molecule has 1 rings (SSSR count). The van der Waals surface area contributed by atoms with Crippen molar-refractivity contribution in [3.63, 3.8) is 0 Å². The van der Waals surface area contributed by atoms with Crippen LogP contribution in [0.4, 0.5) is 5.69 Å². The van der Waals surface area contributed by atoms with Crippen LogP contribution in [0.5, 0.6) is 0 Å². The van der Waals surface area contributed by atoms with Crippen LogP contribution in [0, 0.1) is 21.4 Å². The lowest BCUT2D eigenvalue weighted by molar-refractivity contribution is -0.385. The molecular weight excluding hydrogens is 212 g/mol. The molecule has 0 aliphatic carbocycles. The molecule has 0 aliphatic heterocycles. The standard InChI is InChI=1S/C10H8N2O4/c1-16-10(13)8-3-2-4-9(12(14)15)7(8)5-6-11/h2-4H,5H2,1H3. The smallest absolute Gasteiger partial charge is 0.338 e. The molecule has 0 saturated carbocycles. The lowest BCUT2D eigenvalue weighted by Gasteiger charge is -2.04. The Morgan fingerprint density at radius 3 is 2.81 bits per heavy atom. The van der Waals surface area contributed by atoms with E-state index in [1.54, 1.807) is 6.07 Å². The highest BCUT2D eigenvalue weighted by molar-refractivity contribution is 5.92. The number of carbonyl (C=O) groups excluding carboxylic acids is 1. The second kappa shape index (κ2) is 4.89. The number of nitrogens with zero attached hydrogens (tertiary/aromatic N) is 2. The third-order valence-electron chi connectivity index (χ3n) is 2.01. The third-order valence-corrected chi connectivity index (χ3v) is 2.01. The van der Waals surface area contributed by atoms with Crippen LogP contribution >= 0.6 is 0 Å². The Hall–Kier alpha value is -2.42. The van der Waals surface area contributed by atoms with Crippen LogP contribution in [-0.4, -0.2) is 18.0 Å². The van der Waals surface area contributed by atoms with Crippen molar-refractivity contribution in [3.8, 4) is 6.07 Å². The quantitative estimate of drug-likeness (QED) is 0.436. The summed E-state index contributed by atoms with van der Waals surface area (Å²) in [5.74, 6) is -0.686. The van der Waals surface area contributed by atoms with Gasteiger partial charge in [0.15, 0.2) is 0 Å². The number of rotatable bonds is 3. The van der Waals surface area contributed by atoms with Crippen molar-refractivity contribution in [1.29, 1.82) is 5.26 Å². The molecule has 0 fully saturated rings. The molecule has 1 aromatic carbocycles. The van der Waals surface area contributed by atoms with Crippen molar-refractivity contribution in [2.75, 3.05) is 7.11 Å². The lowest BCUT2D eigenvalue weighted by Crippen LogP contribution is -2.07. The van der Waals surface area contributed by atoms with Gasteiger partial charge in [-0.05, 0) is 6.07 Å². The van der Waals surface area contributed by atoms with Gasteiger partial charge in [-0.25, -0.2) is 4.79 Å². The predicted molar refractivity (Wildman–Crippen MR) is 53.8 cm³/mol. The number of hydrogen-bond donors (Lipinski definition) is 0. The first kappa shape index (κ1) is 11.7. The van der Waals surface area contributed by atoms with Crippen molar-refractivity contribution in [3.05, 3.63) is 39.4 Å². The Morgan fingerprint density at radius 2 is 2.31 bits per heavy atom. The molecule has 82 valence electrons. The van der Waals surface area contributed by atoms with E-state index in [1.807, 2.05) is 0 Å². The summed E-state index contributed by atoms with van der Waals surface area (Å²) in [5.41, 5.74) is -0.107. The van der Waals surface area contributed by atoms with Crippen LogP contribution in [0.3, 0.4) is 0 Å². The maximum Gasteiger partial charge on any atom is 0.338 e. The van der Waals surface area contributed by atoms with E-state index in [0.717, 1.165) is 0 Å². The van der Waals surface area contributed by atoms with Gasteiger partial charge >= 0.3 is 5.97 Å². The monoisotopic (exact) mass is 220 g/mol. The van der Waals surface area contributed by atoms with Crippen LogP contribution in [0.15, 0.2) is 18.2 Å². The number of esters is 1. The first-order chi connectivity index (χ1) is 7.61. The third kappa shape index (κ3) is 2.15. The number of carbonyl (C=O) groups is 1. The van der Waals surface area contributed by atoms with Crippen LogP contribution in [-0.2, 0) is 11.2 Å². The van der Waals surface area contributed by atoms with E-state index in [1.165, 1.54) is 25.3 Å². The Kier molecular flexibility index (Phi) is 3.56. The minimum absolute atomic E-state index is 0.0539. The summed E-state index contributed by atoms with van der Waals surface area (Å²) in [4.78, 5) is 21.4. The molecule has 6 heteroatoms. The van der Waals surface area contributed by atoms with Gasteiger partial charge in [0.05, 0.1) is 35.7 Å². The highest BCUT2D eigenvalue weighted by atomic mass is 16.6. The summed E-state index contributed by atoms with van der Waals surface area (Å²) in [6.45, 7) is 0. The molecule has 0 aliphatic rings. The van der Waals surface area contributed by atoms with Gasteiger partial charge in [0.2, 0.25) is 0 Å². The molecule has 0 atom stereocenters. The van der Waals surface area contributed by atoms with Gasteiger partial charge in [0, 0.05) is 6.07 Å². The zero-order valence-electron chi connectivity index (χ0n) is 8.47. The molecule has 0 heterocycles. The Bertz CT molecular complexity index is 476. The minimum Gasteiger partial charge on any atom is -0.465 e. The Labute approximate surface area is 91.2 Å². The van der Waals surface area contributed by atoms with Gasteiger partial charge in [-0.15, -0.1) is 0 Å². The van der Waals surface area contributed by atoms with Crippen molar-refractivity contribution in [2.45, 2.75) is 6.42 Å². The fourth-order valence-corrected chi connectivity index (χ4v) is 1.31. The number of nitro benzene ring substituents is 1. The molecule has 0 amide bonds. The second-order valence-corrected chi connectivity index (χ2v) is 2.89. The highest BCUT2D eigenvalue weighted by Gasteiger charge is 2.21. The van der Waals surface area contributed by atoms with Crippen molar-refractivity contribution in [1.82, 2.24) is 0 Å². The first-order valence-electron chi connectivity index (χ1n) is 4.33. The summed E-state index contributed by atoms with van der Waals surface area (Å²) in [6, 6.07) is 5.81. The summed E-state index contributed by atoms with van der Waals surface area (Å²) in [6.07, 6.45) is -0.207. The number of hydrogen-bond acceptors (Lipinski definition) is 5. The van der Waals surface area contributed by atoms with E-state index < -0.39 is 10.9 Å². The van der Waals surface area contributed by atoms with Crippen molar-refractivity contribution in [2.24, 2.45) is 0 Å². The van der Waals surface area contributed by atoms with E-state index in [4.69, 9.17) is 5.26 Å². The van der Waals surface area contributed by atoms with E-state index in [0.29, 0.717) is 0 Å². The number of ether oxygens (including phenoxy) is 1. The average molecular weight is 220 g/mol. The highest BCUT2D eigenvalue weighted by Crippen LogP contribution is 2.23. The number of nitro groups is 1. The molecule has 16 heavy (non-hydrogen) atoms. The van der Waals surface area contributed by atoms with Gasteiger partial charge in [0.25, 0.3) is 5.69 Å².